The third-order valence-electron chi connectivity index (χ3n) is 5.46. The molecule has 0 aliphatic carbocycles. The zero-order valence-corrected chi connectivity index (χ0v) is 19.3. The second-order valence-corrected chi connectivity index (χ2v) is 7.85. The lowest BCUT2D eigenvalue weighted by molar-refractivity contribution is 0.306. The lowest BCUT2D eigenvalue weighted by Crippen LogP contribution is -2.30. The third-order valence-corrected chi connectivity index (χ3v) is 5.46. The molecule has 2 aromatic heterocycles. The van der Waals surface area contributed by atoms with Gasteiger partial charge in [0.2, 0.25) is 0 Å². The van der Waals surface area contributed by atoms with Crippen molar-refractivity contribution in [3.63, 3.8) is 0 Å². The Morgan fingerprint density at radius 1 is 0.912 bits per heavy atom. The number of hydrogen-bond donors (Lipinski definition) is 2. The van der Waals surface area contributed by atoms with E-state index in [2.05, 4.69) is 9.88 Å². The number of aromatic nitrogens is 2. The zero-order valence-electron chi connectivity index (χ0n) is 19.3. The highest BCUT2D eigenvalue weighted by Gasteiger charge is 2.13. The topological polar surface area (TPSA) is 97.2 Å². The van der Waals surface area contributed by atoms with Gasteiger partial charge in [-0.25, -0.2) is 4.98 Å². The molecule has 2 aromatic carbocycles. The van der Waals surface area contributed by atoms with Crippen LogP contribution in [-0.4, -0.2) is 48.4 Å². The first kappa shape index (κ1) is 23.3. The fraction of sp³-hybridized carbons (Fsp3) is 0.200. The van der Waals surface area contributed by atoms with Gasteiger partial charge in [-0.05, 0) is 36.4 Å². The highest BCUT2D eigenvalue weighted by molar-refractivity contribution is 6.58. The van der Waals surface area contributed by atoms with Crippen molar-refractivity contribution in [3.8, 4) is 17.2 Å². The summed E-state index contributed by atoms with van der Waals surface area (Å²) < 4.78 is 16.7. The van der Waals surface area contributed by atoms with Crippen molar-refractivity contribution in [1.29, 1.82) is 0 Å². The molecule has 9 heteroatoms. The molecule has 0 bridgehead atoms. The summed E-state index contributed by atoms with van der Waals surface area (Å²) in [4.78, 5) is 10.9. The maximum atomic E-state index is 9.32. The van der Waals surface area contributed by atoms with Crippen molar-refractivity contribution < 1.29 is 24.3 Å². The van der Waals surface area contributed by atoms with Gasteiger partial charge in [0.1, 0.15) is 29.7 Å². The second-order valence-electron chi connectivity index (χ2n) is 7.85. The van der Waals surface area contributed by atoms with Gasteiger partial charge in [0.25, 0.3) is 0 Å². The van der Waals surface area contributed by atoms with E-state index in [1.54, 1.807) is 26.5 Å². The second kappa shape index (κ2) is 10.4. The van der Waals surface area contributed by atoms with Crippen LogP contribution in [0.15, 0.2) is 67.0 Å². The first-order valence-corrected chi connectivity index (χ1v) is 10.7. The van der Waals surface area contributed by atoms with Crippen molar-refractivity contribution in [2.75, 3.05) is 26.2 Å². The van der Waals surface area contributed by atoms with Crippen LogP contribution in [0.5, 0.6) is 17.2 Å². The van der Waals surface area contributed by atoms with Crippen LogP contribution < -0.4 is 24.6 Å². The summed E-state index contributed by atoms with van der Waals surface area (Å²) in [5.41, 5.74) is 2.89. The Bertz CT molecular complexity index is 1280. The average molecular weight is 459 g/mol. The summed E-state index contributed by atoms with van der Waals surface area (Å²) in [5, 5.41) is 19.6. The molecule has 0 fully saturated rings. The van der Waals surface area contributed by atoms with Gasteiger partial charge in [-0.2, -0.15) is 0 Å². The number of benzene rings is 2. The van der Waals surface area contributed by atoms with Crippen LogP contribution in [0.2, 0.25) is 0 Å². The minimum Gasteiger partial charge on any atom is -0.497 e. The molecule has 4 rings (SSSR count). The van der Waals surface area contributed by atoms with Crippen molar-refractivity contribution in [3.05, 3.63) is 78.1 Å². The van der Waals surface area contributed by atoms with Crippen molar-refractivity contribution in [2.45, 2.75) is 13.2 Å². The molecule has 0 aliphatic rings. The smallest absolute Gasteiger partial charge is 0.490 e. The van der Waals surface area contributed by atoms with Gasteiger partial charge in [0.15, 0.2) is 0 Å². The largest absolute Gasteiger partial charge is 0.497 e. The number of pyridine rings is 2. The molecular formula is C25H26BN3O5. The number of anilines is 1. The number of fused-ring (bicyclic) bond motifs is 1. The summed E-state index contributed by atoms with van der Waals surface area (Å²) in [6.07, 6.45) is 3.04. The molecule has 8 nitrogen and oxygen atoms in total. The Kier molecular flexibility index (Phi) is 7.15. The number of hydrogen-bond acceptors (Lipinski definition) is 8. The van der Waals surface area contributed by atoms with E-state index in [-0.39, 0.29) is 6.61 Å². The summed E-state index contributed by atoms with van der Waals surface area (Å²) in [7, 11) is 3.69. The lowest BCUT2D eigenvalue weighted by atomic mass is 9.81. The van der Waals surface area contributed by atoms with Crippen LogP contribution in [0.1, 0.15) is 11.1 Å². The van der Waals surface area contributed by atoms with Gasteiger partial charge in [0.05, 0.1) is 19.7 Å². The molecule has 0 spiro atoms. The SMILES string of the molecule is COc1ccc(CN(C)c2ccc3ccc(OCc4cncc(B(O)O)c4)cc3n2)c(OC)c1. The number of nitrogens with zero attached hydrogens (tertiary/aromatic N) is 3. The fourth-order valence-corrected chi connectivity index (χ4v) is 3.60. The number of ether oxygens (including phenoxy) is 3. The van der Waals surface area contributed by atoms with Gasteiger partial charge in [-0.1, -0.05) is 6.07 Å². The van der Waals surface area contributed by atoms with E-state index in [0.717, 1.165) is 39.3 Å². The predicted molar refractivity (Wildman–Crippen MR) is 132 cm³/mol. The summed E-state index contributed by atoms with van der Waals surface area (Å²) >= 11 is 0. The summed E-state index contributed by atoms with van der Waals surface area (Å²) in [6, 6.07) is 17.2. The first-order chi connectivity index (χ1) is 16.5. The van der Waals surface area contributed by atoms with Crippen LogP contribution in [0, 0.1) is 0 Å². The minimum absolute atomic E-state index is 0.246. The van der Waals surface area contributed by atoms with Gasteiger partial charge < -0.3 is 29.2 Å². The molecular weight excluding hydrogens is 433 g/mol. The Balaban J connectivity index is 1.50. The van der Waals surface area contributed by atoms with E-state index in [0.29, 0.717) is 17.8 Å². The van der Waals surface area contributed by atoms with E-state index in [1.165, 1.54) is 6.20 Å². The molecule has 0 saturated carbocycles. The molecule has 0 radical (unpaired) electrons. The zero-order chi connectivity index (χ0) is 24.1. The lowest BCUT2D eigenvalue weighted by Gasteiger charge is -2.20. The molecule has 0 unspecified atom stereocenters. The van der Waals surface area contributed by atoms with Crippen LogP contribution in [0.25, 0.3) is 10.9 Å². The number of methoxy groups -OCH3 is 2. The van der Waals surface area contributed by atoms with Gasteiger partial charge in [-0.3, -0.25) is 4.98 Å². The highest BCUT2D eigenvalue weighted by atomic mass is 16.5. The summed E-state index contributed by atoms with van der Waals surface area (Å²) in [6.45, 7) is 0.859. The Morgan fingerprint density at radius 2 is 1.71 bits per heavy atom. The van der Waals surface area contributed by atoms with E-state index in [9.17, 15) is 10.0 Å². The van der Waals surface area contributed by atoms with Crippen LogP contribution in [0.3, 0.4) is 0 Å². The van der Waals surface area contributed by atoms with Crippen molar-refractivity contribution >= 4 is 29.3 Å². The van der Waals surface area contributed by atoms with E-state index >= 15 is 0 Å². The van der Waals surface area contributed by atoms with E-state index in [4.69, 9.17) is 19.2 Å². The monoisotopic (exact) mass is 459 g/mol. The van der Waals surface area contributed by atoms with Gasteiger partial charge in [-0.15, -0.1) is 0 Å². The molecule has 34 heavy (non-hydrogen) atoms. The molecule has 4 aromatic rings. The minimum atomic E-state index is -1.56. The quantitative estimate of drug-likeness (QED) is 0.369. The Morgan fingerprint density at radius 3 is 2.47 bits per heavy atom. The predicted octanol–water partition coefficient (Wildman–Crippen LogP) is 2.54. The molecule has 0 aliphatic heterocycles. The maximum absolute atomic E-state index is 9.32. The molecule has 2 heterocycles. The average Bonchev–Trinajstić information content (AvgIpc) is 2.87. The van der Waals surface area contributed by atoms with Gasteiger partial charge >= 0.3 is 7.12 Å². The first-order valence-electron chi connectivity index (χ1n) is 10.7. The molecule has 2 N–H and O–H groups in total. The van der Waals surface area contributed by atoms with E-state index < -0.39 is 7.12 Å². The molecule has 174 valence electrons. The molecule has 0 atom stereocenters. The maximum Gasteiger partial charge on any atom is 0.490 e. The Hall–Kier alpha value is -3.82. The standard InChI is InChI=1S/C25H26BN3O5/c1-29(15-19-5-7-21(32-2)12-24(19)33-3)25-9-6-18-4-8-22(11-23(18)28-25)34-16-17-10-20(26(30)31)14-27-13-17/h4-14,30-31H,15-16H2,1-3H3. The Labute approximate surface area is 198 Å². The molecule has 0 amide bonds. The number of rotatable bonds is 9. The van der Waals surface area contributed by atoms with Crippen LogP contribution in [0.4, 0.5) is 5.82 Å². The highest BCUT2D eigenvalue weighted by Crippen LogP contribution is 2.28. The van der Waals surface area contributed by atoms with E-state index in [1.807, 2.05) is 55.6 Å². The fourth-order valence-electron chi connectivity index (χ4n) is 3.60. The summed E-state index contributed by atoms with van der Waals surface area (Å²) in [5.74, 6) is 2.98. The van der Waals surface area contributed by atoms with Crippen LogP contribution >= 0.6 is 0 Å². The van der Waals surface area contributed by atoms with Crippen molar-refractivity contribution in [2.24, 2.45) is 0 Å². The third kappa shape index (κ3) is 5.39. The normalized spacial score (nSPS) is 10.7. The van der Waals surface area contributed by atoms with Crippen LogP contribution in [-0.2, 0) is 13.2 Å². The molecule has 0 saturated heterocycles. The van der Waals surface area contributed by atoms with Gasteiger partial charge in [0, 0.05) is 60.1 Å². The van der Waals surface area contributed by atoms with Crippen molar-refractivity contribution in [1.82, 2.24) is 9.97 Å².